The van der Waals surface area contributed by atoms with Gasteiger partial charge in [-0.15, -0.1) is 0 Å². The molecule has 19 heavy (non-hydrogen) atoms. The van der Waals surface area contributed by atoms with E-state index in [4.69, 9.17) is 5.73 Å². The molecule has 7 heteroatoms. The highest BCUT2D eigenvalue weighted by atomic mass is 16.2. The number of fused-ring (bicyclic) bond motifs is 1. The van der Waals surface area contributed by atoms with Crippen molar-refractivity contribution in [2.24, 2.45) is 0 Å². The Balaban J connectivity index is 2.86. The number of nitrogens with zero attached hydrogens (tertiary/aromatic N) is 1. The molecule has 0 fully saturated rings. The first-order chi connectivity index (χ1) is 8.91. The quantitative estimate of drug-likeness (QED) is 0.444. The molecule has 0 unspecified atom stereocenters. The van der Waals surface area contributed by atoms with Crippen molar-refractivity contribution in [3.05, 3.63) is 38.9 Å². The average Bonchev–Trinajstić information content (AvgIpc) is 2.31. The Kier molecular flexibility index (Phi) is 3.04. The summed E-state index contributed by atoms with van der Waals surface area (Å²) in [4.78, 5) is 48.5. The molecular formula is C12H11N3O4. The number of Topliss-reactive ketones (excluding diaryl/α,β-unsaturated/α-hetero) is 1. The Labute approximate surface area is 106 Å². The lowest BCUT2D eigenvalue weighted by molar-refractivity contribution is -0.116. The third kappa shape index (κ3) is 2.17. The second kappa shape index (κ2) is 4.52. The van der Waals surface area contributed by atoms with Gasteiger partial charge in [0, 0.05) is 0 Å². The van der Waals surface area contributed by atoms with Crippen molar-refractivity contribution in [1.82, 2.24) is 9.55 Å². The molecule has 2 rings (SSSR count). The van der Waals surface area contributed by atoms with Crippen molar-refractivity contribution >= 4 is 28.4 Å². The zero-order valence-corrected chi connectivity index (χ0v) is 10.1. The SMILES string of the molecule is CC(=O)CC(=O)n1c(=O)c(=O)[nH]c2c(N)cccc21. The van der Waals surface area contributed by atoms with Crippen molar-refractivity contribution in [2.45, 2.75) is 13.3 Å². The van der Waals surface area contributed by atoms with E-state index < -0.39 is 29.2 Å². The number of anilines is 1. The fourth-order valence-electron chi connectivity index (χ4n) is 1.80. The van der Waals surface area contributed by atoms with E-state index in [1.54, 1.807) is 6.07 Å². The fourth-order valence-corrected chi connectivity index (χ4v) is 1.80. The van der Waals surface area contributed by atoms with Crippen LogP contribution in [0.4, 0.5) is 5.69 Å². The molecule has 1 aromatic carbocycles. The van der Waals surface area contributed by atoms with Crippen LogP contribution in [0.15, 0.2) is 27.8 Å². The maximum absolute atomic E-state index is 11.9. The summed E-state index contributed by atoms with van der Waals surface area (Å²) >= 11 is 0. The van der Waals surface area contributed by atoms with E-state index in [2.05, 4.69) is 4.98 Å². The molecule has 0 spiro atoms. The van der Waals surface area contributed by atoms with Crippen LogP contribution < -0.4 is 16.9 Å². The van der Waals surface area contributed by atoms with Gasteiger partial charge in [0.05, 0.1) is 23.1 Å². The molecule has 0 amide bonds. The van der Waals surface area contributed by atoms with Gasteiger partial charge in [-0.2, -0.15) is 0 Å². The van der Waals surface area contributed by atoms with E-state index in [0.717, 1.165) is 0 Å². The molecule has 0 bridgehead atoms. The second-order valence-corrected chi connectivity index (χ2v) is 4.11. The number of nitrogens with one attached hydrogen (secondary N) is 1. The Bertz CT molecular complexity index is 801. The molecular weight excluding hydrogens is 250 g/mol. The van der Waals surface area contributed by atoms with Crippen molar-refractivity contribution in [3.63, 3.8) is 0 Å². The van der Waals surface area contributed by atoms with Gasteiger partial charge in [0.25, 0.3) is 0 Å². The summed E-state index contributed by atoms with van der Waals surface area (Å²) < 4.78 is 0.686. The number of carbonyl (C=O) groups is 2. The highest BCUT2D eigenvalue weighted by Crippen LogP contribution is 2.15. The second-order valence-electron chi connectivity index (χ2n) is 4.11. The van der Waals surface area contributed by atoms with Crippen molar-refractivity contribution in [3.8, 4) is 0 Å². The lowest BCUT2D eigenvalue weighted by Gasteiger charge is -2.08. The molecule has 0 aliphatic carbocycles. The first-order valence-electron chi connectivity index (χ1n) is 5.48. The largest absolute Gasteiger partial charge is 0.397 e. The molecule has 1 heterocycles. The number of para-hydroxylation sites is 1. The fraction of sp³-hybridized carbons (Fsp3) is 0.167. The van der Waals surface area contributed by atoms with Crippen molar-refractivity contribution in [2.75, 3.05) is 5.73 Å². The first kappa shape index (κ1) is 12.7. The Morgan fingerprint density at radius 1 is 1.32 bits per heavy atom. The minimum atomic E-state index is -1.02. The Morgan fingerprint density at radius 3 is 2.63 bits per heavy atom. The van der Waals surface area contributed by atoms with Gasteiger partial charge in [-0.1, -0.05) is 6.07 Å². The maximum atomic E-state index is 11.9. The molecule has 0 aliphatic rings. The predicted octanol–water partition coefficient (Wildman–Crippen LogP) is -0.109. The van der Waals surface area contributed by atoms with E-state index in [1.165, 1.54) is 19.1 Å². The number of nitrogen functional groups attached to an aromatic ring is 1. The summed E-state index contributed by atoms with van der Waals surface area (Å²) in [6.45, 7) is 1.23. The number of aromatic amines is 1. The molecule has 1 aromatic heterocycles. The topological polar surface area (TPSA) is 115 Å². The van der Waals surface area contributed by atoms with Crippen LogP contribution in [0.5, 0.6) is 0 Å². The molecule has 7 nitrogen and oxygen atoms in total. The molecule has 0 saturated carbocycles. The zero-order valence-electron chi connectivity index (χ0n) is 10.1. The molecule has 2 aromatic rings. The molecule has 3 N–H and O–H groups in total. The summed E-state index contributed by atoms with van der Waals surface area (Å²) in [5, 5.41) is 0. The van der Waals surface area contributed by atoms with Gasteiger partial charge in [-0.3, -0.25) is 19.2 Å². The van der Waals surface area contributed by atoms with E-state index in [0.29, 0.717) is 4.57 Å². The highest BCUT2D eigenvalue weighted by molar-refractivity contribution is 6.02. The van der Waals surface area contributed by atoms with Crippen LogP contribution in [-0.4, -0.2) is 21.2 Å². The lowest BCUT2D eigenvalue weighted by atomic mass is 10.2. The van der Waals surface area contributed by atoms with Gasteiger partial charge < -0.3 is 10.7 Å². The summed E-state index contributed by atoms with van der Waals surface area (Å²) in [7, 11) is 0. The first-order valence-corrected chi connectivity index (χ1v) is 5.48. The van der Waals surface area contributed by atoms with Gasteiger partial charge >= 0.3 is 11.1 Å². The number of carbonyl (C=O) groups excluding carboxylic acids is 2. The summed E-state index contributed by atoms with van der Waals surface area (Å²) in [6, 6.07) is 4.55. The van der Waals surface area contributed by atoms with Gasteiger partial charge in [0.15, 0.2) is 0 Å². The van der Waals surface area contributed by atoms with E-state index in [9.17, 15) is 19.2 Å². The minimum absolute atomic E-state index is 0.177. The third-order valence-corrected chi connectivity index (χ3v) is 2.60. The summed E-state index contributed by atoms with van der Waals surface area (Å²) in [6.07, 6.45) is -0.451. The smallest absolute Gasteiger partial charge is 0.323 e. The van der Waals surface area contributed by atoms with Crippen molar-refractivity contribution in [1.29, 1.82) is 0 Å². The van der Waals surface area contributed by atoms with Gasteiger partial charge in [-0.25, -0.2) is 4.57 Å². The van der Waals surface area contributed by atoms with Crippen molar-refractivity contribution < 1.29 is 9.59 Å². The van der Waals surface area contributed by atoms with Crippen LogP contribution in [0.1, 0.15) is 18.1 Å². The Morgan fingerprint density at radius 2 is 2.00 bits per heavy atom. The van der Waals surface area contributed by atoms with Gasteiger partial charge in [0.1, 0.15) is 5.78 Å². The van der Waals surface area contributed by atoms with Crippen LogP contribution in [0.2, 0.25) is 0 Å². The maximum Gasteiger partial charge on any atom is 0.323 e. The molecule has 0 saturated heterocycles. The lowest BCUT2D eigenvalue weighted by Crippen LogP contribution is -2.40. The van der Waals surface area contributed by atoms with Crippen LogP contribution >= 0.6 is 0 Å². The van der Waals surface area contributed by atoms with E-state index >= 15 is 0 Å². The average molecular weight is 261 g/mol. The number of H-pyrrole nitrogens is 1. The molecule has 98 valence electrons. The molecule has 0 aliphatic heterocycles. The number of ketones is 1. The monoisotopic (exact) mass is 261 g/mol. The normalized spacial score (nSPS) is 10.6. The summed E-state index contributed by atoms with van der Waals surface area (Å²) in [5.74, 6) is -1.14. The van der Waals surface area contributed by atoms with Gasteiger partial charge in [0.2, 0.25) is 5.91 Å². The number of hydrogen-bond acceptors (Lipinski definition) is 5. The number of benzene rings is 1. The van der Waals surface area contributed by atoms with Crippen LogP contribution in [0.3, 0.4) is 0 Å². The van der Waals surface area contributed by atoms with Crippen LogP contribution in [0, 0.1) is 0 Å². The number of hydrogen-bond donors (Lipinski definition) is 2. The van der Waals surface area contributed by atoms with Crippen LogP contribution in [0.25, 0.3) is 11.0 Å². The molecule has 0 radical (unpaired) electrons. The number of aromatic nitrogens is 2. The van der Waals surface area contributed by atoms with Gasteiger partial charge in [-0.05, 0) is 19.1 Å². The Hall–Kier alpha value is -2.70. The number of rotatable bonds is 2. The number of nitrogens with two attached hydrogens (primary N) is 1. The minimum Gasteiger partial charge on any atom is -0.397 e. The third-order valence-electron chi connectivity index (χ3n) is 2.60. The highest BCUT2D eigenvalue weighted by Gasteiger charge is 2.16. The van der Waals surface area contributed by atoms with E-state index in [-0.39, 0.29) is 16.7 Å². The molecule has 0 atom stereocenters. The zero-order chi connectivity index (χ0) is 14.2. The van der Waals surface area contributed by atoms with Crippen LogP contribution in [-0.2, 0) is 4.79 Å². The van der Waals surface area contributed by atoms with E-state index in [1.807, 2.05) is 0 Å². The standard InChI is InChI=1S/C12H11N3O4/c1-6(16)5-9(17)15-8-4-2-3-7(13)10(8)14-11(18)12(15)19/h2-4H,5,13H2,1H3,(H,14,18). The summed E-state index contributed by atoms with van der Waals surface area (Å²) in [5.41, 5.74) is 4.31. The predicted molar refractivity (Wildman–Crippen MR) is 69.2 cm³/mol.